The Balaban J connectivity index is 2.59. The predicted molar refractivity (Wildman–Crippen MR) is 53.3 cm³/mol. The quantitative estimate of drug-likeness (QED) is 0.559. The topological polar surface area (TPSA) is 12.9 Å². The molecule has 0 radical (unpaired) electrons. The monoisotopic (exact) mass is 209 g/mol. The van der Waals surface area contributed by atoms with Crippen molar-refractivity contribution in [1.82, 2.24) is 4.98 Å². The highest BCUT2D eigenvalue weighted by atomic mass is 33.1. The van der Waals surface area contributed by atoms with Gasteiger partial charge in [0.25, 0.3) is 0 Å². The maximum absolute atomic E-state index is 4.20. The standard InChI is InChI=1S/C5H7NS4/c1-7-5-6-3-4(9-5)10-8-2/h3H,1-2H3. The van der Waals surface area contributed by atoms with Gasteiger partial charge in [0.2, 0.25) is 0 Å². The summed E-state index contributed by atoms with van der Waals surface area (Å²) in [5, 5.41) is 0. The molecule has 1 heterocycles. The Bertz CT molecular complexity index is 197. The molecule has 0 aromatic carbocycles. The van der Waals surface area contributed by atoms with Gasteiger partial charge in [0.05, 0.1) is 10.4 Å². The van der Waals surface area contributed by atoms with Gasteiger partial charge in [0.1, 0.15) is 0 Å². The molecule has 0 aliphatic heterocycles. The number of aromatic nitrogens is 1. The van der Waals surface area contributed by atoms with E-state index in [1.165, 1.54) is 4.21 Å². The number of hydrogen-bond donors (Lipinski definition) is 0. The van der Waals surface area contributed by atoms with Gasteiger partial charge in [-0.3, -0.25) is 0 Å². The smallest absolute Gasteiger partial charge is 0.150 e. The fourth-order valence-electron chi connectivity index (χ4n) is 0.459. The van der Waals surface area contributed by atoms with Gasteiger partial charge in [-0.2, -0.15) is 0 Å². The van der Waals surface area contributed by atoms with Gasteiger partial charge in [-0.25, -0.2) is 4.98 Å². The summed E-state index contributed by atoms with van der Waals surface area (Å²) < 4.78 is 2.44. The lowest BCUT2D eigenvalue weighted by Gasteiger charge is -1.85. The first-order chi connectivity index (χ1) is 4.86. The minimum absolute atomic E-state index is 1.15. The van der Waals surface area contributed by atoms with E-state index < -0.39 is 0 Å². The number of rotatable bonds is 3. The van der Waals surface area contributed by atoms with Crippen molar-refractivity contribution in [2.45, 2.75) is 8.55 Å². The number of nitrogens with zero attached hydrogens (tertiary/aromatic N) is 1. The molecule has 0 bridgehead atoms. The van der Waals surface area contributed by atoms with Crippen LogP contribution in [0.3, 0.4) is 0 Å². The fourth-order valence-corrected chi connectivity index (χ4v) is 3.93. The largest absolute Gasteiger partial charge is 0.237 e. The van der Waals surface area contributed by atoms with Gasteiger partial charge in [-0.05, 0) is 23.3 Å². The Morgan fingerprint density at radius 2 is 2.30 bits per heavy atom. The predicted octanol–water partition coefficient (Wildman–Crippen LogP) is 3.24. The maximum Gasteiger partial charge on any atom is 0.150 e. The zero-order valence-electron chi connectivity index (χ0n) is 5.66. The van der Waals surface area contributed by atoms with E-state index in [1.807, 2.05) is 12.5 Å². The molecule has 0 amide bonds. The lowest BCUT2D eigenvalue weighted by Crippen LogP contribution is -1.57. The van der Waals surface area contributed by atoms with Crippen LogP contribution in [0, 0.1) is 0 Å². The molecule has 0 spiro atoms. The summed E-state index contributed by atoms with van der Waals surface area (Å²) in [4.78, 5) is 4.20. The first kappa shape index (κ1) is 8.77. The molecule has 56 valence electrons. The van der Waals surface area contributed by atoms with Crippen LogP contribution in [0.5, 0.6) is 0 Å². The third-order valence-electron chi connectivity index (χ3n) is 0.803. The van der Waals surface area contributed by atoms with Crippen LogP contribution in [0.15, 0.2) is 14.7 Å². The van der Waals surface area contributed by atoms with E-state index in [1.54, 1.807) is 44.7 Å². The van der Waals surface area contributed by atoms with Gasteiger partial charge in [0.15, 0.2) is 4.34 Å². The second-order valence-corrected chi connectivity index (χ2v) is 6.18. The van der Waals surface area contributed by atoms with E-state index >= 15 is 0 Å². The van der Waals surface area contributed by atoms with Crippen LogP contribution in [-0.2, 0) is 0 Å². The molecule has 1 nitrogen and oxygen atoms in total. The van der Waals surface area contributed by atoms with Crippen molar-refractivity contribution in [2.24, 2.45) is 0 Å². The van der Waals surface area contributed by atoms with E-state index in [0.29, 0.717) is 0 Å². The Morgan fingerprint density at radius 1 is 1.50 bits per heavy atom. The van der Waals surface area contributed by atoms with Crippen LogP contribution in [0.25, 0.3) is 0 Å². The summed E-state index contributed by atoms with van der Waals surface area (Å²) in [5.41, 5.74) is 0. The zero-order valence-corrected chi connectivity index (χ0v) is 8.92. The molecule has 0 aliphatic carbocycles. The van der Waals surface area contributed by atoms with Gasteiger partial charge >= 0.3 is 0 Å². The summed E-state index contributed by atoms with van der Waals surface area (Å²) in [6.45, 7) is 0. The molecular formula is C5H7NS4. The minimum atomic E-state index is 1.15. The normalized spacial score (nSPS) is 10.2. The molecule has 0 N–H and O–H groups in total. The minimum Gasteiger partial charge on any atom is -0.237 e. The molecule has 1 rings (SSSR count). The lowest BCUT2D eigenvalue weighted by molar-refractivity contribution is 1.24. The van der Waals surface area contributed by atoms with Crippen molar-refractivity contribution in [3.8, 4) is 0 Å². The highest BCUT2D eigenvalue weighted by Crippen LogP contribution is 2.35. The van der Waals surface area contributed by atoms with Crippen molar-refractivity contribution in [2.75, 3.05) is 12.5 Å². The number of hydrogen-bond acceptors (Lipinski definition) is 5. The molecule has 1 aromatic heterocycles. The first-order valence-electron chi connectivity index (χ1n) is 2.57. The van der Waals surface area contributed by atoms with Crippen molar-refractivity contribution < 1.29 is 0 Å². The summed E-state index contributed by atoms with van der Waals surface area (Å²) in [5.74, 6) is 0. The first-order valence-corrected chi connectivity index (χ1v) is 7.17. The molecule has 1 aromatic rings. The second-order valence-electron chi connectivity index (χ2n) is 1.40. The average molecular weight is 209 g/mol. The molecule has 0 unspecified atom stereocenters. The van der Waals surface area contributed by atoms with Crippen molar-refractivity contribution >= 4 is 44.7 Å². The highest BCUT2D eigenvalue weighted by molar-refractivity contribution is 8.76. The fraction of sp³-hybridized carbons (Fsp3) is 0.400. The molecular weight excluding hydrogens is 202 g/mol. The van der Waals surface area contributed by atoms with Crippen LogP contribution in [-0.4, -0.2) is 17.5 Å². The Kier molecular flexibility index (Phi) is 3.98. The second kappa shape index (κ2) is 4.54. The molecule has 0 aliphatic rings. The summed E-state index contributed by atoms with van der Waals surface area (Å²) in [6.07, 6.45) is 6.05. The van der Waals surface area contributed by atoms with E-state index in [2.05, 4.69) is 11.2 Å². The SMILES string of the molecule is CSSc1cnc(SC)s1. The van der Waals surface area contributed by atoms with Gasteiger partial charge in [-0.1, -0.05) is 22.6 Å². The zero-order chi connectivity index (χ0) is 7.40. The van der Waals surface area contributed by atoms with Crippen molar-refractivity contribution in [3.63, 3.8) is 0 Å². The molecule has 0 saturated carbocycles. The number of thioether (sulfide) groups is 1. The van der Waals surface area contributed by atoms with Gasteiger partial charge in [-0.15, -0.1) is 11.3 Å². The number of thiazole rings is 1. The molecule has 0 fully saturated rings. The van der Waals surface area contributed by atoms with E-state index in [9.17, 15) is 0 Å². The third-order valence-corrected chi connectivity index (χ3v) is 4.89. The average Bonchev–Trinajstić information content (AvgIpc) is 2.37. The van der Waals surface area contributed by atoms with Crippen LogP contribution in [0.4, 0.5) is 0 Å². The summed E-state index contributed by atoms with van der Waals surface area (Å²) in [6, 6.07) is 0. The van der Waals surface area contributed by atoms with Crippen LogP contribution in [0.1, 0.15) is 0 Å². The van der Waals surface area contributed by atoms with E-state index in [0.717, 1.165) is 4.34 Å². The highest BCUT2D eigenvalue weighted by Gasteiger charge is 1.98. The summed E-state index contributed by atoms with van der Waals surface area (Å²) >= 11 is 3.45. The Hall–Kier alpha value is 0.680. The Labute approximate surface area is 76.8 Å². The Morgan fingerprint density at radius 3 is 2.80 bits per heavy atom. The van der Waals surface area contributed by atoms with E-state index in [-0.39, 0.29) is 0 Å². The maximum atomic E-state index is 4.20. The molecule has 0 saturated heterocycles. The van der Waals surface area contributed by atoms with Crippen molar-refractivity contribution in [3.05, 3.63) is 6.20 Å². The van der Waals surface area contributed by atoms with Crippen LogP contribution < -0.4 is 0 Å². The molecule has 10 heavy (non-hydrogen) atoms. The van der Waals surface area contributed by atoms with Gasteiger partial charge < -0.3 is 0 Å². The van der Waals surface area contributed by atoms with E-state index in [4.69, 9.17) is 0 Å². The van der Waals surface area contributed by atoms with Crippen molar-refractivity contribution in [1.29, 1.82) is 0 Å². The molecule has 0 atom stereocenters. The lowest BCUT2D eigenvalue weighted by atomic mass is 11.0. The molecule has 5 heteroatoms. The van der Waals surface area contributed by atoms with Crippen LogP contribution in [0.2, 0.25) is 0 Å². The van der Waals surface area contributed by atoms with Crippen LogP contribution >= 0.6 is 44.7 Å². The van der Waals surface area contributed by atoms with Gasteiger partial charge in [0, 0.05) is 0 Å². The summed E-state index contributed by atoms with van der Waals surface area (Å²) in [7, 11) is 3.53. The third kappa shape index (κ3) is 2.38.